The number of carbonyl (C=O) groups excluding carboxylic acids is 2. The molecule has 202 valence electrons. The SMILES string of the molecule is CCN(CC(=O)Nc1c(-c2ccccc2)c(C)nn1-c1ccccc1C)C(=O)Nc1cc(OC)cc(OC)c1. The molecule has 0 fully saturated rings. The van der Waals surface area contributed by atoms with Crippen LogP contribution < -0.4 is 20.1 Å². The normalized spacial score (nSPS) is 10.6. The van der Waals surface area contributed by atoms with Gasteiger partial charge in [-0.2, -0.15) is 5.10 Å². The highest BCUT2D eigenvalue weighted by Crippen LogP contribution is 2.34. The van der Waals surface area contributed by atoms with Gasteiger partial charge in [-0.15, -0.1) is 0 Å². The van der Waals surface area contributed by atoms with E-state index in [1.165, 1.54) is 19.1 Å². The summed E-state index contributed by atoms with van der Waals surface area (Å²) in [6.45, 7) is 5.89. The zero-order valence-electron chi connectivity index (χ0n) is 22.8. The average molecular weight is 528 g/mol. The maximum Gasteiger partial charge on any atom is 0.322 e. The molecule has 4 aromatic rings. The first-order valence-corrected chi connectivity index (χ1v) is 12.6. The number of para-hydroxylation sites is 1. The predicted octanol–water partition coefficient (Wildman–Crippen LogP) is 5.67. The fraction of sp³-hybridized carbons (Fsp3) is 0.233. The van der Waals surface area contributed by atoms with Gasteiger partial charge in [-0.3, -0.25) is 4.79 Å². The van der Waals surface area contributed by atoms with Crippen molar-refractivity contribution in [2.24, 2.45) is 0 Å². The summed E-state index contributed by atoms with van der Waals surface area (Å²) in [6, 6.07) is 22.3. The van der Waals surface area contributed by atoms with Gasteiger partial charge in [-0.05, 0) is 38.0 Å². The lowest BCUT2D eigenvalue weighted by atomic mass is 10.1. The van der Waals surface area contributed by atoms with E-state index in [0.717, 1.165) is 28.1 Å². The number of amides is 3. The number of aryl methyl sites for hydroxylation is 2. The second kappa shape index (κ2) is 12.2. The summed E-state index contributed by atoms with van der Waals surface area (Å²) >= 11 is 0. The first kappa shape index (κ1) is 27.3. The fourth-order valence-corrected chi connectivity index (χ4v) is 4.32. The molecule has 3 amide bonds. The van der Waals surface area contributed by atoms with Crippen molar-refractivity contribution in [2.45, 2.75) is 20.8 Å². The van der Waals surface area contributed by atoms with Crippen LogP contribution in [0.2, 0.25) is 0 Å². The first-order valence-electron chi connectivity index (χ1n) is 12.6. The second-order valence-electron chi connectivity index (χ2n) is 8.97. The largest absolute Gasteiger partial charge is 0.497 e. The Balaban J connectivity index is 1.60. The Bertz CT molecular complexity index is 1440. The van der Waals surface area contributed by atoms with E-state index in [-0.39, 0.29) is 12.5 Å². The molecule has 1 aromatic heterocycles. The number of anilines is 2. The molecule has 0 spiro atoms. The molecule has 9 heteroatoms. The minimum absolute atomic E-state index is 0.157. The summed E-state index contributed by atoms with van der Waals surface area (Å²) in [7, 11) is 3.08. The van der Waals surface area contributed by atoms with Gasteiger partial charge in [0.2, 0.25) is 5.91 Å². The van der Waals surface area contributed by atoms with Crippen LogP contribution in [0.4, 0.5) is 16.3 Å². The van der Waals surface area contributed by atoms with E-state index in [1.54, 1.807) is 22.9 Å². The van der Waals surface area contributed by atoms with Gasteiger partial charge in [0.25, 0.3) is 0 Å². The van der Waals surface area contributed by atoms with Crippen LogP contribution in [0.15, 0.2) is 72.8 Å². The number of hydrogen-bond acceptors (Lipinski definition) is 5. The number of benzene rings is 3. The van der Waals surface area contributed by atoms with Gasteiger partial charge in [-0.25, -0.2) is 9.48 Å². The highest BCUT2D eigenvalue weighted by Gasteiger charge is 2.23. The van der Waals surface area contributed by atoms with Gasteiger partial charge >= 0.3 is 6.03 Å². The van der Waals surface area contributed by atoms with Gasteiger partial charge in [0, 0.05) is 36.0 Å². The predicted molar refractivity (Wildman–Crippen MR) is 153 cm³/mol. The minimum atomic E-state index is -0.421. The van der Waals surface area contributed by atoms with E-state index < -0.39 is 6.03 Å². The van der Waals surface area contributed by atoms with E-state index in [2.05, 4.69) is 10.6 Å². The zero-order chi connectivity index (χ0) is 27.9. The van der Waals surface area contributed by atoms with Crippen molar-refractivity contribution in [2.75, 3.05) is 37.9 Å². The van der Waals surface area contributed by atoms with E-state index in [4.69, 9.17) is 14.6 Å². The molecular weight excluding hydrogens is 494 g/mol. The van der Waals surface area contributed by atoms with Gasteiger partial charge in [0.15, 0.2) is 0 Å². The lowest BCUT2D eigenvalue weighted by Gasteiger charge is -2.22. The van der Waals surface area contributed by atoms with E-state index in [0.29, 0.717) is 29.5 Å². The third-order valence-corrected chi connectivity index (χ3v) is 6.33. The Labute approximate surface area is 228 Å². The number of hydrogen-bond donors (Lipinski definition) is 2. The summed E-state index contributed by atoms with van der Waals surface area (Å²) in [5.41, 5.74) is 4.89. The summed E-state index contributed by atoms with van der Waals surface area (Å²) in [4.78, 5) is 27.9. The maximum atomic E-state index is 13.4. The van der Waals surface area contributed by atoms with Crippen LogP contribution in [-0.4, -0.2) is 53.9 Å². The highest BCUT2D eigenvalue weighted by atomic mass is 16.5. The molecule has 39 heavy (non-hydrogen) atoms. The molecule has 0 saturated carbocycles. The van der Waals surface area contributed by atoms with Crippen molar-refractivity contribution in [1.29, 1.82) is 0 Å². The van der Waals surface area contributed by atoms with Gasteiger partial charge in [0.05, 0.1) is 25.6 Å². The monoisotopic (exact) mass is 527 g/mol. The number of nitrogens with zero attached hydrogens (tertiary/aromatic N) is 3. The van der Waals surface area contributed by atoms with Crippen molar-refractivity contribution < 1.29 is 19.1 Å². The zero-order valence-corrected chi connectivity index (χ0v) is 22.8. The minimum Gasteiger partial charge on any atom is -0.497 e. The molecule has 0 radical (unpaired) electrons. The van der Waals surface area contributed by atoms with Gasteiger partial charge in [0.1, 0.15) is 23.9 Å². The van der Waals surface area contributed by atoms with Crippen molar-refractivity contribution in [3.63, 3.8) is 0 Å². The van der Waals surface area contributed by atoms with Crippen LogP contribution in [0.1, 0.15) is 18.2 Å². The number of aromatic nitrogens is 2. The van der Waals surface area contributed by atoms with Crippen LogP contribution in [-0.2, 0) is 4.79 Å². The van der Waals surface area contributed by atoms with E-state index >= 15 is 0 Å². The molecule has 9 nitrogen and oxygen atoms in total. The molecule has 0 saturated heterocycles. The Morgan fingerprint density at radius 3 is 2.15 bits per heavy atom. The number of ether oxygens (including phenoxy) is 2. The molecule has 0 bridgehead atoms. The summed E-state index contributed by atoms with van der Waals surface area (Å²) in [5.74, 6) is 1.28. The van der Waals surface area contributed by atoms with Crippen molar-refractivity contribution in [1.82, 2.24) is 14.7 Å². The Kier molecular flexibility index (Phi) is 8.50. The fourth-order valence-electron chi connectivity index (χ4n) is 4.32. The van der Waals surface area contributed by atoms with Crippen LogP contribution in [0.3, 0.4) is 0 Å². The lowest BCUT2D eigenvalue weighted by Crippen LogP contribution is -2.40. The van der Waals surface area contributed by atoms with Crippen LogP contribution in [0.5, 0.6) is 11.5 Å². The number of rotatable bonds is 9. The standard InChI is InChI=1S/C30H33N5O4/c1-6-34(30(37)31-23-16-24(38-4)18-25(17-23)39-5)19-27(36)32-29-28(22-13-8-7-9-14-22)21(3)33-35(29)26-15-11-10-12-20(26)2/h7-18H,6,19H2,1-5H3,(H,31,37)(H,32,36). The molecule has 0 aliphatic carbocycles. The molecule has 1 heterocycles. The smallest absolute Gasteiger partial charge is 0.322 e. The number of urea groups is 1. The van der Waals surface area contributed by atoms with E-state index in [9.17, 15) is 9.59 Å². The highest BCUT2D eigenvalue weighted by molar-refractivity contribution is 5.99. The lowest BCUT2D eigenvalue weighted by molar-refractivity contribution is -0.116. The number of likely N-dealkylation sites (N-methyl/N-ethyl adjacent to an activating group) is 1. The van der Waals surface area contributed by atoms with Crippen LogP contribution in [0.25, 0.3) is 16.8 Å². The third-order valence-electron chi connectivity index (χ3n) is 6.33. The number of carbonyl (C=O) groups is 2. The molecule has 3 aromatic carbocycles. The van der Waals surface area contributed by atoms with Gasteiger partial charge in [-0.1, -0.05) is 48.5 Å². The molecule has 4 rings (SSSR count). The summed E-state index contributed by atoms with van der Waals surface area (Å²) < 4.78 is 12.3. The quantitative estimate of drug-likeness (QED) is 0.293. The first-order chi connectivity index (χ1) is 18.8. The average Bonchev–Trinajstić information content (AvgIpc) is 3.26. The molecule has 0 aliphatic rings. The molecular formula is C30H33N5O4. The van der Waals surface area contributed by atoms with Crippen molar-refractivity contribution in [3.8, 4) is 28.3 Å². The second-order valence-corrected chi connectivity index (χ2v) is 8.97. The third kappa shape index (κ3) is 6.20. The Morgan fingerprint density at radius 2 is 1.54 bits per heavy atom. The van der Waals surface area contributed by atoms with Crippen LogP contribution >= 0.6 is 0 Å². The van der Waals surface area contributed by atoms with Gasteiger partial charge < -0.3 is 25.0 Å². The number of methoxy groups -OCH3 is 2. The Morgan fingerprint density at radius 1 is 0.897 bits per heavy atom. The molecule has 0 unspecified atom stereocenters. The van der Waals surface area contributed by atoms with Crippen molar-refractivity contribution >= 4 is 23.4 Å². The van der Waals surface area contributed by atoms with E-state index in [1.807, 2.05) is 75.4 Å². The maximum absolute atomic E-state index is 13.4. The molecule has 2 N–H and O–H groups in total. The molecule has 0 aliphatic heterocycles. The number of nitrogens with one attached hydrogen (secondary N) is 2. The Hall–Kier alpha value is -4.79. The van der Waals surface area contributed by atoms with Crippen molar-refractivity contribution in [3.05, 3.63) is 84.1 Å². The summed E-state index contributed by atoms with van der Waals surface area (Å²) in [5, 5.41) is 10.7. The molecule has 0 atom stereocenters. The van der Waals surface area contributed by atoms with Crippen LogP contribution in [0, 0.1) is 13.8 Å². The summed E-state index contributed by atoms with van der Waals surface area (Å²) in [6.07, 6.45) is 0. The topological polar surface area (TPSA) is 97.7 Å².